The van der Waals surface area contributed by atoms with Gasteiger partial charge in [-0.05, 0) is 12.2 Å². The van der Waals surface area contributed by atoms with Crippen LogP contribution in [0.4, 0.5) is 0 Å². The van der Waals surface area contributed by atoms with Gasteiger partial charge in [-0.3, -0.25) is 0 Å². The van der Waals surface area contributed by atoms with E-state index in [0.717, 1.165) is 12.8 Å². The molecule has 0 aliphatic heterocycles. The van der Waals surface area contributed by atoms with Gasteiger partial charge in [-0.1, -0.05) is 13.8 Å². The highest BCUT2D eigenvalue weighted by Crippen LogP contribution is 2.07. The number of rotatable bonds is 5. The zero-order chi connectivity index (χ0) is 9.68. The van der Waals surface area contributed by atoms with Crippen molar-refractivity contribution in [2.75, 3.05) is 11.5 Å². The third-order valence-electron chi connectivity index (χ3n) is 2.06. The summed E-state index contributed by atoms with van der Waals surface area (Å²) in [5, 5.41) is 0. The number of aromatic nitrogens is 2. The average Bonchev–Trinajstić information content (AvgIpc) is 2.48. The Bertz CT molecular complexity index is 255. The van der Waals surface area contributed by atoms with Gasteiger partial charge in [0.25, 0.3) is 0 Å². The smallest absolute Gasteiger partial charge is 0.109 e. The first-order chi connectivity index (χ1) is 6.27. The minimum Gasteiger partial charge on any atom is -0.338 e. The van der Waals surface area contributed by atoms with Gasteiger partial charge in [0, 0.05) is 25.4 Å². The Morgan fingerprint density at radius 3 is 2.77 bits per heavy atom. The molecule has 74 valence electrons. The SMILES string of the molecule is CCSCCc1nc(CC)cn1C. The van der Waals surface area contributed by atoms with E-state index in [4.69, 9.17) is 0 Å². The average molecular weight is 198 g/mol. The summed E-state index contributed by atoms with van der Waals surface area (Å²) in [7, 11) is 2.08. The number of thioether (sulfide) groups is 1. The highest BCUT2D eigenvalue weighted by Gasteiger charge is 2.02. The van der Waals surface area contributed by atoms with E-state index in [-0.39, 0.29) is 0 Å². The summed E-state index contributed by atoms with van der Waals surface area (Å²) < 4.78 is 2.15. The molecule has 2 nitrogen and oxygen atoms in total. The van der Waals surface area contributed by atoms with Crippen molar-refractivity contribution < 1.29 is 0 Å². The molecule has 1 heterocycles. The van der Waals surface area contributed by atoms with Crippen molar-refractivity contribution in [2.24, 2.45) is 7.05 Å². The van der Waals surface area contributed by atoms with Gasteiger partial charge in [-0.2, -0.15) is 11.8 Å². The van der Waals surface area contributed by atoms with Crippen molar-refractivity contribution in [3.8, 4) is 0 Å². The quantitative estimate of drug-likeness (QED) is 0.676. The molecule has 0 aromatic carbocycles. The van der Waals surface area contributed by atoms with Crippen molar-refractivity contribution in [1.82, 2.24) is 9.55 Å². The molecule has 1 rings (SSSR count). The number of hydrogen-bond donors (Lipinski definition) is 0. The van der Waals surface area contributed by atoms with E-state index in [1.165, 1.54) is 23.0 Å². The van der Waals surface area contributed by atoms with Crippen LogP contribution in [0, 0.1) is 0 Å². The Morgan fingerprint density at radius 2 is 2.23 bits per heavy atom. The van der Waals surface area contributed by atoms with E-state index in [2.05, 4.69) is 36.6 Å². The molecule has 0 bridgehead atoms. The van der Waals surface area contributed by atoms with Gasteiger partial charge in [0.2, 0.25) is 0 Å². The van der Waals surface area contributed by atoms with Crippen molar-refractivity contribution >= 4 is 11.8 Å². The molecule has 0 saturated heterocycles. The number of hydrogen-bond acceptors (Lipinski definition) is 2. The van der Waals surface area contributed by atoms with Gasteiger partial charge in [0.05, 0.1) is 5.69 Å². The lowest BCUT2D eigenvalue weighted by Crippen LogP contribution is -1.98. The lowest BCUT2D eigenvalue weighted by atomic mass is 10.4. The van der Waals surface area contributed by atoms with Gasteiger partial charge in [0.1, 0.15) is 5.82 Å². The fraction of sp³-hybridized carbons (Fsp3) is 0.700. The second-order valence-corrected chi connectivity index (χ2v) is 4.45. The van der Waals surface area contributed by atoms with Crippen LogP contribution in [-0.2, 0) is 19.9 Å². The molecule has 0 atom stereocenters. The second kappa shape index (κ2) is 5.32. The van der Waals surface area contributed by atoms with E-state index < -0.39 is 0 Å². The summed E-state index contributed by atoms with van der Waals surface area (Å²) in [6.07, 6.45) is 4.26. The van der Waals surface area contributed by atoms with Gasteiger partial charge >= 0.3 is 0 Å². The Labute approximate surface area is 84.7 Å². The van der Waals surface area contributed by atoms with Crippen LogP contribution in [0.25, 0.3) is 0 Å². The highest BCUT2D eigenvalue weighted by molar-refractivity contribution is 7.99. The van der Waals surface area contributed by atoms with Crippen LogP contribution < -0.4 is 0 Å². The molecule has 1 aromatic heterocycles. The Balaban J connectivity index is 2.50. The van der Waals surface area contributed by atoms with Crippen molar-refractivity contribution in [3.05, 3.63) is 17.7 Å². The molecule has 0 unspecified atom stereocenters. The molecule has 0 fully saturated rings. The zero-order valence-electron chi connectivity index (χ0n) is 8.71. The topological polar surface area (TPSA) is 17.8 Å². The predicted molar refractivity (Wildman–Crippen MR) is 59.3 cm³/mol. The standard InChI is InChI=1S/C10H18N2S/c1-4-9-8-12(3)10(11-9)6-7-13-5-2/h8H,4-7H2,1-3H3. The molecule has 0 N–H and O–H groups in total. The van der Waals surface area contributed by atoms with Crippen LogP contribution in [0.2, 0.25) is 0 Å². The summed E-state index contributed by atoms with van der Waals surface area (Å²) in [5.74, 6) is 3.60. The van der Waals surface area contributed by atoms with Crippen LogP contribution in [-0.4, -0.2) is 21.1 Å². The zero-order valence-corrected chi connectivity index (χ0v) is 9.52. The molecule has 0 aliphatic rings. The van der Waals surface area contributed by atoms with Crippen LogP contribution in [0.3, 0.4) is 0 Å². The molecule has 13 heavy (non-hydrogen) atoms. The van der Waals surface area contributed by atoms with Crippen LogP contribution in [0.5, 0.6) is 0 Å². The van der Waals surface area contributed by atoms with Gasteiger partial charge in [-0.15, -0.1) is 0 Å². The first-order valence-electron chi connectivity index (χ1n) is 4.86. The van der Waals surface area contributed by atoms with E-state index in [9.17, 15) is 0 Å². The van der Waals surface area contributed by atoms with E-state index >= 15 is 0 Å². The van der Waals surface area contributed by atoms with Gasteiger partial charge in [-0.25, -0.2) is 4.98 Å². The Kier molecular flexibility index (Phi) is 4.36. The Hall–Kier alpha value is -0.440. The maximum Gasteiger partial charge on any atom is 0.109 e. The highest BCUT2D eigenvalue weighted by atomic mass is 32.2. The summed E-state index contributed by atoms with van der Waals surface area (Å²) in [6, 6.07) is 0. The molecule has 1 aromatic rings. The second-order valence-electron chi connectivity index (χ2n) is 3.06. The third kappa shape index (κ3) is 3.07. The monoisotopic (exact) mass is 198 g/mol. The van der Waals surface area contributed by atoms with E-state index in [1.807, 2.05) is 11.8 Å². The molecule has 3 heteroatoms. The van der Waals surface area contributed by atoms with Crippen LogP contribution >= 0.6 is 11.8 Å². The molecule has 0 saturated carbocycles. The lowest BCUT2D eigenvalue weighted by Gasteiger charge is -1.99. The molecular formula is C10H18N2S. The van der Waals surface area contributed by atoms with Crippen LogP contribution in [0.15, 0.2) is 6.20 Å². The number of imidazole rings is 1. The minimum atomic E-state index is 1.04. The van der Waals surface area contributed by atoms with E-state index in [1.54, 1.807) is 0 Å². The Morgan fingerprint density at radius 1 is 1.46 bits per heavy atom. The number of nitrogens with zero attached hydrogens (tertiary/aromatic N) is 2. The number of aryl methyl sites for hydroxylation is 3. The fourth-order valence-electron chi connectivity index (χ4n) is 1.28. The summed E-state index contributed by atoms with van der Waals surface area (Å²) in [6.45, 7) is 4.34. The van der Waals surface area contributed by atoms with E-state index in [0.29, 0.717) is 0 Å². The molecular weight excluding hydrogens is 180 g/mol. The minimum absolute atomic E-state index is 1.04. The van der Waals surface area contributed by atoms with Crippen LogP contribution in [0.1, 0.15) is 25.4 Å². The predicted octanol–water partition coefficient (Wildman–Crippen LogP) is 2.28. The fourth-order valence-corrected chi connectivity index (χ4v) is 1.90. The summed E-state index contributed by atoms with van der Waals surface area (Å²) in [5.41, 5.74) is 1.21. The first kappa shape index (κ1) is 10.6. The van der Waals surface area contributed by atoms with Crippen molar-refractivity contribution in [1.29, 1.82) is 0 Å². The third-order valence-corrected chi connectivity index (χ3v) is 2.96. The normalized spacial score (nSPS) is 10.7. The molecule has 0 aliphatic carbocycles. The maximum absolute atomic E-state index is 4.55. The molecule has 0 amide bonds. The lowest BCUT2D eigenvalue weighted by molar-refractivity contribution is 0.811. The summed E-state index contributed by atoms with van der Waals surface area (Å²) >= 11 is 1.98. The maximum atomic E-state index is 4.55. The largest absolute Gasteiger partial charge is 0.338 e. The first-order valence-corrected chi connectivity index (χ1v) is 6.02. The van der Waals surface area contributed by atoms with Gasteiger partial charge < -0.3 is 4.57 Å². The summed E-state index contributed by atoms with van der Waals surface area (Å²) in [4.78, 5) is 4.55. The van der Waals surface area contributed by atoms with Crippen molar-refractivity contribution in [2.45, 2.75) is 26.7 Å². The van der Waals surface area contributed by atoms with Gasteiger partial charge in [0.15, 0.2) is 0 Å². The molecule has 0 spiro atoms. The molecule has 0 radical (unpaired) electrons. The van der Waals surface area contributed by atoms with Crippen molar-refractivity contribution in [3.63, 3.8) is 0 Å².